The normalized spacial score (nSPS) is 11.8. The van der Waals surface area contributed by atoms with Gasteiger partial charge in [0, 0.05) is 23.3 Å². The summed E-state index contributed by atoms with van der Waals surface area (Å²) >= 11 is 3.12. The summed E-state index contributed by atoms with van der Waals surface area (Å²) in [6.45, 7) is 1.81. The van der Waals surface area contributed by atoms with Gasteiger partial charge in [-0.15, -0.1) is 0 Å². The van der Waals surface area contributed by atoms with Gasteiger partial charge in [0.25, 0.3) is 0 Å². The second kappa shape index (κ2) is 5.43. The van der Waals surface area contributed by atoms with Gasteiger partial charge in [-0.2, -0.15) is 13.2 Å². The van der Waals surface area contributed by atoms with Crippen LogP contribution in [0.25, 0.3) is 5.65 Å². The summed E-state index contributed by atoms with van der Waals surface area (Å²) in [7, 11) is 0. The molecule has 2 heterocycles. The number of nitrogens with zero attached hydrogens (tertiary/aromatic N) is 2. The topological polar surface area (TPSA) is 43.6 Å². The van der Waals surface area contributed by atoms with E-state index in [1.807, 2.05) is 0 Å². The van der Waals surface area contributed by atoms with Crippen LogP contribution in [0.1, 0.15) is 28.5 Å². The molecular formula is C12H10BrF3N2O2. The number of carbonyl (C=O) groups excluding carboxylic acids is 1. The van der Waals surface area contributed by atoms with Crippen LogP contribution in [0.3, 0.4) is 0 Å². The smallest absolute Gasteiger partial charge is 0.417 e. The molecule has 0 atom stereocenters. The number of hydrogen-bond acceptors (Lipinski definition) is 3. The minimum Gasteiger partial charge on any atom is -0.461 e. The number of hydrogen-bond donors (Lipinski definition) is 0. The van der Waals surface area contributed by atoms with Crippen LogP contribution in [0.2, 0.25) is 0 Å². The van der Waals surface area contributed by atoms with E-state index in [2.05, 4.69) is 20.9 Å². The molecule has 0 spiro atoms. The molecule has 0 unspecified atom stereocenters. The van der Waals surface area contributed by atoms with Crippen molar-refractivity contribution in [3.05, 3.63) is 35.3 Å². The Balaban J connectivity index is 2.58. The molecule has 0 aliphatic carbocycles. The molecule has 2 aromatic heterocycles. The summed E-state index contributed by atoms with van der Waals surface area (Å²) in [6.07, 6.45) is -2.33. The second-order valence-electron chi connectivity index (χ2n) is 3.96. The molecule has 0 radical (unpaired) electrons. The first-order chi connectivity index (χ1) is 9.36. The highest BCUT2D eigenvalue weighted by Crippen LogP contribution is 2.31. The fourth-order valence-electron chi connectivity index (χ4n) is 1.73. The van der Waals surface area contributed by atoms with Gasteiger partial charge < -0.3 is 9.14 Å². The molecule has 20 heavy (non-hydrogen) atoms. The molecule has 0 fully saturated rings. The predicted octanol–water partition coefficient (Wildman–Crippen LogP) is 3.42. The van der Waals surface area contributed by atoms with Gasteiger partial charge in [0.05, 0.1) is 12.2 Å². The molecule has 2 rings (SSSR count). The Labute approximate surface area is 120 Å². The molecule has 0 saturated carbocycles. The number of aromatic nitrogens is 2. The van der Waals surface area contributed by atoms with Crippen LogP contribution >= 0.6 is 15.9 Å². The third-order valence-corrected chi connectivity index (χ3v) is 3.19. The summed E-state index contributed by atoms with van der Waals surface area (Å²) < 4.78 is 44.3. The summed E-state index contributed by atoms with van der Waals surface area (Å²) in [5.41, 5.74) is -0.186. The minimum absolute atomic E-state index is 0.0200. The lowest BCUT2D eigenvalue weighted by molar-refractivity contribution is -0.137. The largest absolute Gasteiger partial charge is 0.461 e. The molecule has 0 saturated heterocycles. The molecule has 0 N–H and O–H groups in total. The molecule has 8 heteroatoms. The number of esters is 1. The number of carbonyl (C=O) groups is 1. The number of ether oxygens (including phenoxy) is 1. The van der Waals surface area contributed by atoms with E-state index in [9.17, 15) is 18.0 Å². The molecule has 108 valence electrons. The number of pyridine rings is 1. The van der Waals surface area contributed by atoms with Crippen LogP contribution in [0.5, 0.6) is 0 Å². The lowest BCUT2D eigenvalue weighted by Crippen LogP contribution is -2.07. The molecule has 0 amide bonds. The minimum atomic E-state index is -4.46. The van der Waals surface area contributed by atoms with Crippen molar-refractivity contribution in [3.8, 4) is 0 Å². The Bertz CT molecular complexity index is 652. The Morgan fingerprint density at radius 2 is 2.15 bits per heavy atom. The third-order valence-electron chi connectivity index (χ3n) is 2.58. The van der Waals surface area contributed by atoms with Crippen LogP contribution in [-0.2, 0) is 16.2 Å². The molecule has 0 aliphatic rings. The standard InChI is InChI=1S/C12H10BrF3N2O2/c1-2-20-11(19)9-6-18-5-8(12(14,15)16)3-7(4-13)10(18)17-9/h3,5-6H,2,4H2,1H3. The Hall–Kier alpha value is -1.57. The molecule has 0 aromatic carbocycles. The van der Waals surface area contributed by atoms with Crippen molar-refractivity contribution in [2.45, 2.75) is 18.4 Å². The lowest BCUT2D eigenvalue weighted by Gasteiger charge is -2.09. The highest BCUT2D eigenvalue weighted by Gasteiger charge is 2.32. The van der Waals surface area contributed by atoms with Crippen molar-refractivity contribution in [1.82, 2.24) is 9.38 Å². The van der Waals surface area contributed by atoms with Crippen molar-refractivity contribution in [1.29, 1.82) is 0 Å². The Morgan fingerprint density at radius 3 is 2.70 bits per heavy atom. The van der Waals surface area contributed by atoms with Gasteiger partial charge in [-0.05, 0) is 13.0 Å². The fourth-order valence-corrected chi connectivity index (χ4v) is 2.14. The Kier molecular flexibility index (Phi) is 4.03. The maximum atomic E-state index is 12.8. The van der Waals surface area contributed by atoms with Crippen LogP contribution in [0.4, 0.5) is 13.2 Å². The summed E-state index contributed by atoms with van der Waals surface area (Å²) in [4.78, 5) is 15.6. The highest BCUT2D eigenvalue weighted by molar-refractivity contribution is 9.08. The Morgan fingerprint density at radius 1 is 1.45 bits per heavy atom. The summed E-state index contributed by atoms with van der Waals surface area (Å²) in [5, 5.41) is 0.194. The van der Waals surface area contributed by atoms with Gasteiger partial charge in [0.2, 0.25) is 0 Å². The molecule has 0 bridgehead atoms. The van der Waals surface area contributed by atoms with E-state index in [1.165, 1.54) is 10.6 Å². The summed E-state index contributed by atoms with van der Waals surface area (Å²) in [5.74, 6) is -0.662. The van der Waals surface area contributed by atoms with Crippen LogP contribution in [-0.4, -0.2) is 22.0 Å². The van der Waals surface area contributed by atoms with Gasteiger partial charge >= 0.3 is 12.1 Å². The van der Waals surface area contributed by atoms with Gasteiger partial charge in [-0.25, -0.2) is 9.78 Å². The SMILES string of the molecule is CCOC(=O)c1cn2cc(C(F)(F)F)cc(CBr)c2n1. The first kappa shape index (κ1) is 14.8. The van der Waals surface area contributed by atoms with Gasteiger partial charge in [0.1, 0.15) is 5.65 Å². The van der Waals surface area contributed by atoms with E-state index < -0.39 is 17.7 Å². The van der Waals surface area contributed by atoms with Crippen molar-refractivity contribution in [2.75, 3.05) is 6.61 Å². The van der Waals surface area contributed by atoms with Crippen LogP contribution < -0.4 is 0 Å². The third kappa shape index (κ3) is 2.79. The van der Waals surface area contributed by atoms with E-state index >= 15 is 0 Å². The van der Waals surface area contributed by atoms with Gasteiger partial charge in [-0.1, -0.05) is 15.9 Å². The van der Waals surface area contributed by atoms with Gasteiger partial charge in [0.15, 0.2) is 5.69 Å². The van der Waals surface area contributed by atoms with Crippen LogP contribution in [0, 0.1) is 0 Å². The predicted molar refractivity (Wildman–Crippen MR) is 68.8 cm³/mol. The summed E-state index contributed by atoms with van der Waals surface area (Å²) in [6, 6.07) is 1.01. The highest BCUT2D eigenvalue weighted by atomic mass is 79.9. The first-order valence-corrected chi connectivity index (χ1v) is 6.81. The van der Waals surface area contributed by atoms with E-state index in [-0.39, 0.29) is 23.3 Å². The van der Waals surface area contributed by atoms with E-state index in [1.54, 1.807) is 6.92 Å². The monoisotopic (exact) mass is 350 g/mol. The maximum Gasteiger partial charge on any atom is 0.417 e. The van der Waals surface area contributed by atoms with Crippen molar-refractivity contribution in [3.63, 3.8) is 0 Å². The second-order valence-corrected chi connectivity index (χ2v) is 4.52. The zero-order valence-electron chi connectivity index (χ0n) is 10.4. The first-order valence-electron chi connectivity index (χ1n) is 5.68. The number of imidazole rings is 1. The maximum absolute atomic E-state index is 12.8. The molecule has 0 aliphatic heterocycles. The van der Waals surface area contributed by atoms with E-state index in [0.29, 0.717) is 5.56 Å². The van der Waals surface area contributed by atoms with Crippen molar-refractivity contribution >= 4 is 27.5 Å². The molecular weight excluding hydrogens is 341 g/mol. The van der Waals surface area contributed by atoms with Crippen molar-refractivity contribution in [2.24, 2.45) is 0 Å². The average Bonchev–Trinajstić information content (AvgIpc) is 2.80. The molecule has 4 nitrogen and oxygen atoms in total. The number of fused-ring (bicyclic) bond motifs is 1. The number of alkyl halides is 4. The van der Waals surface area contributed by atoms with Crippen LogP contribution in [0.15, 0.2) is 18.5 Å². The van der Waals surface area contributed by atoms with Gasteiger partial charge in [-0.3, -0.25) is 0 Å². The lowest BCUT2D eigenvalue weighted by atomic mass is 10.2. The zero-order valence-corrected chi connectivity index (χ0v) is 12.0. The quantitative estimate of drug-likeness (QED) is 0.629. The fraction of sp³-hybridized carbons (Fsp3) is 0.333. The van der Waals surface area contributed by atoms with Crippen molar-refractivity contribution < 1.29 is 22.7 Å². The van der Waals surface area contributed by atoms with E-state index in [0.717, 1.165) is 12.3 Å². The number of halogens is 4. The number of rotatable bonds is 3. The molecule has 2 aromatic rings. The zero-order chi connectivity index (χ0) is 14.9. The van der Waals surface area contributed by atoms with E-state index in [4.69, 9.17) is 4.74 Å². The average molecular weight is 351 g/mol.